The van der Waals surface area contributed by atoms with Gasteiger partial charge in [0.15, 0.2) is 0 Å². The van der Waals surface area contributed by atoms with Gasteiger partial charge in [0.25, 0.3) is 11.8 Å². The number of hydrogen-bond donors (Lipinski definition) is 2. The lowest BCUT2D eigenvalue weighted by Crippen LogP contribution is -2.31. The van der Waals surface area contributed by atoms with Crippen molar-refractivity contribution in [2.75, 3.05) is 5.32 Å². The van der Waals surface area contributed by atoms with Gasteiger partial charge in [0.1, 0.15) is 5.82 Å². The second-order valence-corrected chi connectivity index (χ2v) is 5.32. The molecule has 1 unspecified atom stereocenters. The van der Waals surface area contributed by atoms with Gasteiger partial charge in [0.05, 0.1) is 0 Å². The van der Waals surface area contributed by atoms with Gasteiger partial charge < -0.3 is 10.6 Å². The molecule has 0 saturated carbocycles. The van der Waals surface area contributed by atoms with Gasteiger partial charge in [-0.1, -0.05) is 6.92 Å². The highest BCUT2D eigenvalue weighted by Gasteiger charge is 2.10. The van der Waals surface area contributed by atoms with Crippen LogP contribution in [0.5, 0.6) is 0 Å². The Hall–Kier alpha value is -2.69. The van der Waals surface area contributed by atoms with Crippen LogP contribution >= 0.6 is 0 Å². The highest BCUT2D eigenvalue weighted by atomic mass is 19.1. The summed E-state index contributed by atoms with van der Waals surface area (Å²) in [6.07, 6.45) is 0.851. The number of carbonyl (C=O) groups excluding carboxylic acids is 2. The fraction of sp³-hybridized carbons (Fsp3) is 0.222. The van der Waals surface area contributed by atoms with E-state index >= 15 is 0 Å². The van der Waals surface area contributed by atoms with Crippen molar-refractivity contribution in [1.82, 2.24) is 5.32 Å². The Labute approximate surface area is 134 Å². The maximum absolute atomic E-state index is 12.8. The number of halogens is 1. The molecule has 5 heteroatoms. The first-order valence-corrected chi connectivity index (χ1v) is 7.47. The summed E-state index contributed by atoms with van der Waals surface area (Å²) in [5, 5.41) is 5.53. The topological polar surface area (TPSA) is 58.2 Å². The van der Waals surface area contributed by atoms with Crippen LogP contribution < -0.4 is 10.6 Å². The first-order valence-electron chi connectivity index (χ1n) is 7.47. The second-order valence-electron chi connectivity index (χ2n) is 5.32. The summed E-state index contributed by atoms with van der Waals surface area (Å²) in [5.74, 6) is -0.838. The van der Waals surface area contributed by atoms with Crippen LogP contribution in [0.3, 0.4) is 0 Å². The third-order valence-electron chi connectivity index (χ3n) is 3.50. The summed E-state index contributed by atoms with van der Waals surface area (Å²) in [7, 11) is 0. The van der Waals surface area contributed by atoms with Crippen molar-refractivity contribution in [3.63, 3.8) is 0 Å². The van der Waals surface area contributed by atoms with Crippen molar-refractivity contribution in [2.24, 2.45) is 0 Å². The van der Waals surface area contributed by atoms with Crippen molar-refractivity contribution in [1.29, 1.82) is 0 Å². The van der Waals surface area contributed by atoms with Crippen LogP contribution in [0.2, 0.25) is 0 Å². The van der Waals surface area contributed by atoms with Gasteiger partial charge in [-0.25, -0.2) is 4.39 Å². The minimum Gasteiger partial charge on any atom is -0.350 e. The number of hydrogen-bond acceptors (Lipinski definition) is 2. The van der Waals surface area contributed by atoms with E-state index in [0.717, 1.165) is 6.42 Å². The molecule has 0 heterocycles. The van der Waals surface area contributed by atoms with E-state index in [0.29, 0.717) is 16.8 Å². The van der Waals surface area contributed by atoms with Crippen LogP contribution in [0.15, 0.2) is 48.5 Å². The Morgan fingerprint density at radius 3 is 2.00 bits per heavy atom. The molecule has 0 saturated heterocycles. The lowest BCUT2D eigenvalue weighted by molar-refractivity contribution is 0.0937. The van der Waals surface area contributed by atoms with E-state index < -0.39 is 0 Å². The van der Waals surface area contributed by atoms with E-state index in [1.807, 2.05) is 13.8 Å². The number of amides is 2. The number of rotatable bonds is 5. The summed E-state index contributed by atoms with van der Waals surface area (Å²) in [6, 6.07) is 12.0. The van der Waals surface area contributed by atoms with Crippen molar-refractivity contribution in [3.05, 3.63) is 65.5 Å². The molecule has 2 aromatic carbocycles. The van der Waals surface area contributed by atoms with Gasteiger partial charge >= 0.3 is 0 Å². The summed E-state index contributed by atoms with van der Waals surface area (Å²) in [4.78, 5) is 24.1. The molecule has 0 bridgehead atoms. The Kier molecular flexibility index (Phi) is 5.46. The molecule has 0 aromatic heterocycles. The van der Waals surface area contributed by atoms with Gasteiger partial charge in [-0.05, 0) is 61.9 Å². The molecular formula is C18H19FN2O2. The van der Waals surface area contributed by atoms with Crippen LogP contribution in [0.25, 0.3) is 0 Å². The average Bonchev–Trinajstić information content (AvgIpc) is 2.56. The van der Waals surface area contributed by atoms with Gasteiger partial charge in [-0.2, -0.15) is 0 Å². The average molecular weight is 314 g/mol. The molecule has 0 radical (unpaired) electrons. The molecular weight excluding hydrogens is 295 g/mol. The van der Waals surface area contributed by atoms with Crippen LogP contribution in [-0.2, 0) is 0 Å². The van der Waals surface area contributed by atoms with Crippen molar-refractivity contribution in [2.45, 2.75) is 26.3 Å². The van der Waals surface area contributed by atoms with Gasteiger partial charge in [-0.15, -0.1) is 0 Å². The highest BCUT2D eigenvalue weighted by Crippen LogP contribution is 2.11. The monoisotopic (exact) mass is 314 g/mol. The third-order valence-corrected chi connectivity index (χ3v) is 3.50. The first kappa shape index (κ1) is 16.7. The van der Waals surface area contributed by atoms with E-state index in [1.54, 1.807) is 24.3 Å². The molecule has 2 N–H and O–H groups in total. The fourth-order valence-corrected chi connectivity index (χ4v) is 1.92. The van der Waals surface area contributed by atoms with Crippen LogP contribution in [0.4, 0.5) is 10.1 Å². The molecule has 23 heavy (non-hydrogen) atoms. The lowest BCUT2D eigenvalue weighted by atomic mass is 10.1. The van der Waals surface area contributed by atoms with E-state index in [9.17, 15) is 14.0 Å². The maximum atomic E-state index is 12.8. The zero-order valence-electron chi connectivity index (χ0n) is 13.1. The molecule has 0 aliphatic rings. The van der Waals surface area contributed by atoms with Gasteiger partial charge in [0, 0.05) is 22.9 Å². The van der Waals surface area contributed by atoms with E-state index in [4.69, 9.17) is 0 Å². The SMILES string of the molecule is CCC(C)NC(=O)c1ccc(C(=O)Nc2ccc(F)cc2)cc1. The minimum absolute atomic E-state index is 0.101. The number of carbonyl (C=O) groups is 2. The summed E-state index contributed by atoms with van der Waals surface area (Å²) >= 11 is 0. The van der Waals surface area contributed by atoms with Crippen LogP contribution in [0, 0.1) is 5.82 Å². The molecule has 0 spiro atoms. The smallest absolute Gasteiger partial charge is 0.255 e. The van der Waals surface area contributed by atoms with Crippen LogP contribution in [-0.4, -0.2) is 17.9 Å². The standard InChI is InChI=1S/C18H19FN2O2/c1-3-12(2)20-17(22)13-4-6-14(7-5-13)18(23)21-16-10-8-15(19)9-11-16/h4-12H,3H2,1-2H3,(H,20,22)(H,21,23). The Morgan fingerprint density at radius 1 is 0.957 bits per heavy atom. The van der Waals surface area contributed by atoms with Gasteiger partial charge in [-0.3, -0.25) is 9.59 Å². The molecule has 2 rings (SSSR count). The predicted molar refractivity (Wildman–Crippen MR) is 88.0 cm³/mol. The lowest BCUT2D eigenvalue weighted by Gasteiger charge is -2.11. The Morgan fingerprint density at radius 2 is 1.48 bits per heavy atom. The molecule has 0 aliphatic carbocycles. The second kappa shape index (κ2) is 7.54. The molecule has 2 amide bonds. The molecule has 0 fully saturated rings. The van der Waals surface area contributed by atoms with Gasteiger partial charge in [0.2, 0.25) is 0 Å². The van der Waals surface area contributed by atoms with Crippen molar-refractivity contribution in [3.8, 4) is 0 Å². The molecule has 4 nitrogen and oxygen atoms in total. The van der Waals surface area contributed by atoms with Crippen LogP contribution in [0.1, 0.15) is 41.0 Å². The van der Waals surface area contributed by atoms with E-state index in [-0.39, 0.29) is 23.7 Å². The van der Waals surface area contributed by atoms with Crippen molar-refractivity contribution < 1.29 is 14.0 Å². The van der Waals surface area contributed by atoms with E-state index in [1.165, 1.54) is 24.3 Å². The molecule has 2 aromatic rings. The zero-order chi connectivity index (χ0) is 16.8. The zero-order valence-corrected chi connectivity index (χ0v) is 13.1. The third kappa shape index (κ3) is 4.64. The molecule has 120 valence electrons. The van der Waals surface area contributed by atoms with Crippen molar-refractivity contribution >= 4 is 17.5 Å². The first-order chi connectivity index (χ1) is 11.0. The Bertz CT molecular complexity index is 681. The summed E-state index contributed by atoms with van der Waals surface area (Å²) in [6.45, 7) is 3.93. The maximum Gasteiger partial charge on any atom is 0.255 e. The predicted octanol–water partition coefficient (Wildman–Crippen LogP) is 3.61. The number of anilines is 1. The Balaban J connectivity index is 2.02. The van der Waals surface area contributed by atoms with E-state index in [2.05, 4.69) is 10.6 Å². The molecule has 1 atom stereocenters. The summed E-state index contributed by atoms with van der Waals surface area (Å²) in [5.41, 5.74) is 1.44. The quantitative estimate of drug-likeness (QED) is 0.886. The minimum atomic E-state index is -0.361. The number of nitrogens with one attached hydrogen (secondary N) is 2. The number of benzene rings is 2. The fourth-order valence-electron chi connectivity index (χ4n) is 1.92. The summed E-state index contributed by atoms with van der Waals surface area (Å²) < 4.78 is 12.8. The molecule has 0 aliphatic heterocycles. The normalized spacial score (nSPS) is 11.6. The largest absolute Gasteiger partial charge is 0.350 e. The highest BCUT2D eigenvalue weighted by molar-refractivity contribution is 6.05.